The number of rotatable bonds is 2. The highest BCUT2D eigenvalue weighted by Crippen LogP contribution is 2.20. The third-order valence-corrected chi connectivity index (χ3v) is 2.52. The van der Waals surface area contributed by atoms with Crippen LogP contribution in [-0.4, -0.2) is 9.97 Å². The lowest BCUT2D eigenvalue weighted by Gasteiger charge is -2.04. The van der Waals surface area contributed by atoms with E-state index in [2.05, 4.69) is 9.97 Å². The van der Waals surface area contributed by atoms with Crippen LogP contribution < -0.4 is 10.3 Å². The molecule has 0 amide bonds. The molecule has 1 N–H and O–H groups in total. The lowest BCUT2D eigenvalue weighted by molar-refractivity contribution is 0.465. The van der Waals surface area contributed by atoms with Gasteiger partial charge in [0.25, 0.3) is 0 Å². The van der Waals surface area contributed by atoms with Crippen LogP contribution >= 0.6 is 0 Å². The predicted octanol–water partition coefficient (Wildman–Crippen LogP) is 2.72. The molecule has 0 atom stereocenters. The zero-order chi connectivity index (χ0) is 12.4. The maximum absolute atomic E-state index is 11.2. The van der Waals surface area contributed by atoms with Crippen LogP contribution in [0.2, 0.25) is 0 Å². The fourth-order valence-electron chi connectivity index (χ4n) is 1.68. The quantitative estimate of drug-likeness (QED) is 0.746. The molecule has 0 aliphatic rings. The van der Waals surface area contributed by atoms with Crippen molar-refractivity contribution in [3.05, 3.63) is 65.0 Å². The number of nitrogens with one attached hydrogen (secondary N) is 1. The molecule has 0 aliphatic heterocycles. The average Bonchev–Trinajstić information content (AvgIpc) is 2.39. The molecule has 3 aromatic rings. The highest BCUT2D eigenvalue weighted by Gasteiger charge is 2.01. The average molecular weight is 238 g/mol. The number of benzene rings is 1. The summed E-state index contributed by atoms with van der Waals surface area (Å²) in [6.45, 7) is 0. The fraction of sp³-hybridized carbons (Fsp3) is 0. The van der Waals surface area contributed by atoms with E-state index in [1.165, 1.54) is 6.07 Å². The molecule has 2 heterocycles. The number of pyridine rings is 2. The minimum absolute atomic E-state index is 0.174. The number of H-pyrrole nitrogens is 1. The van der Waals surface area contributed by atoms with Gasteiger partial charge in [-0.3, -0.25) is 4.79 Å². The number of aromatic nitrogens is 2. The Morgan fingerprint density at radius 3 is 2.56 bits per heavy atom. The number of nitrogens with zero attached hydrogens (tertiary/aromatic N) is 1. The fourth-order valence-corrected chi connectivity index (χ4v) is 1.68. The third kappa shape index (κ3) is 2.08. The Kier molecular flexibility index (Phi) is 2.53. The number of fused-ring (bicyclic) bond motifs is 1. The van der Waals surface area contributed by atoms with Gasteiger partial charge in [-0.25, -0.2) is 0 Å². The largest absolute Gasteiger partial charge is 0.439 e. The van der Waals surface area contributed by atoms with Crippen LogP contribution in [0.25, 0.3) is 11.0 Å². The molecular formula is C14H10N2O2. The van der Waals surface area contributed by atoms with Gasteiger partial charge in [-0.15, -0.1) is 0 Å². The first-order valence-electron chi connectivity index (χ1n) is 5.54. The van der Waals surface area contributed by atoms with Gasteiger partial charge in [0.1, 0.15) is 11.4 Å². The van der Waals surface area contributed by atoms with Crippen molar-refractivity contribution in [2.45, 2.75) is 0 Å². The number of hydrogen-bond acceptors (Lipinski definition) is 3. The van der Waals surface area contributed by atoms with Crippen LogP contribution in [0.15, 0.2) is 59.4 Å². The van der Waals surface area contributed by atoms with Crippen LogP contribution in [0.4, 0.5) is 0 Å². The SMILES string of the molecule is O=c1ccc2ccc(Oc3ccccc3)nc2[nH]1. The van der Waals surface area contributed by atoms with E-state index in [1.807, 2.05) is 36.4 Å². The van der Waals surface area contributed by atoms with Gasteiger partial charge in [-0.1, -0.05) is 18.2 Å². The Morgan fingerprint density at radius 1 is 0.944 bits per heavy atom. The summed E-state index contributed by atoms with van der Waals surface area (Å²) in [5, 5.41) is 0.870. The van der Waals surface area contributed by atoms with Crippen molar-refractivity contribution in [2.24, 2.45) is 0 Å². The van der Waals surface area contributed by atoms with E-state index in [-0.39, 0.29) is 5.56 Å². The van der Waals surface area contributed by atoms with Crippen molar-refractivity contribution in [2.75, 3.05) is 0 Å². The normalized spacial score (nSPS) is 10.4. The van der Waals surface area contributed by atoms with Gasteiger partial charge >= 0.3 is 0 Å². The van der Waals surface area contributed by atoms with Crippen molar-refractivity contribution in [3.63, 3.8) is 0 Å². The Hall–Kier alpha value is -2.62. The highest BCUT2D eigenvalue weighted by atomic mass is 16.5. The van der Waals surface area contributed by atoms with Crippen LogP contribution in [0, 0.1) is 0 Å². The molecule has 0 spiro atoms. The molecule has 0 unspecified atom stereocenters. The van der Waals surface area contributed by atoms with Gasteiger partial charge < -0.3 is 9.72 Å². The summed E-state index contributed by atoms with van der Waals surface area (Å²) in [7, 11) is 0. The predicted molar refractivity (Wildman–Crippen MR) is 68.9 cm³/mol. The van der Waals surface area contributed by atoms with Crippen molar-refractivity contribution >= 4 is 11.0 Å². The maximum atomic E-state index is 11.2. The third-order valence-electron chi connectivity index (χ3n) is 2.52. The van der Waals surface area contributed by atoms with Crippen LogP contribution in [0.1, 0.15) is 0 Å². The highest BCUT2D eigenvalue weighted by molar-refractivity contribution is 5.74. The van der Waals surface area contributed by atoms with E-state index in [0.717, 1.165) is 5.39 Å². The van der Waals surface area contributed by atoms with Gasteiger partial charge in [-0.2, -0.15) is 4.98 Å². The first-order chi connectivity index (χ1) is 8.81. The Labute approximate surface area is 103 Å². The van der Waals surface area contributed by atoms with E-state index in [9.17, 15) is 4.79 Å². The molecule has 0 aliphatic carbocycles. The maximum Gasteiger partial charge on any atom is 0.249 e. The summed E-state index contributed by atoms with van der Waals surface area (Å²) in [6.07, 6.45) is 0. The molecule has 0 saturated heterocycles. The Morgan fingerprint density at radius 2 is 1.72 bits per heavy atom. The Balaban J connectivity index is 2.00. The summed E-state index contributed by atoms with van der Waals surface area (Å²) < 4.78 is 5.59. The van der Waals surface area contributed by atoms with Crippen molar-refractivity contribution in [1.29, 1.82) is 0 Å². The summed E-state index contributed by atoms with van der Waals surface area (Å²) in [5.74, 6) is 1.16. The number of ether oxygens (including phenoxy) is 1. The molecule has 4 nitrogen and oxygen atoms in total. The van der Waals surface area contributed by atoms with Gasteiger partial charge in [-0.05, 0) is 24.3 Å². The molecule has 2 aromatic heterocycles. The zero-order valence-corrected chi connectivity index (χ0v) is 9.46. The zero-order valence-electron chi connectivity index (χ0n) is 9.46. The Bertz CT molecular complexity index is 735. The lowest BCUT2D eigenvalue weighted by Crippen LogP contribution is -2.03. The molecule has 18 heavy (non-hydrogen) atoms. The second-order valence-corrected chi connectivity index (χ2v) is 3.83. The van der Waals surface area contributed by atoms with Gasteiger partial charge in [0.2, 0.25) is 11.4 Å². The summed E-state index contributed by atoms with van der Waals surface area (Å²) in [5.41, 5.74) is 0.350. The minimum atomic E-state index is -0.174. The number of aromatic amines is 1. The van der Waals surface area contributed by atoms with Crippen molar-refractivity contribution < 1.29 is 4.74 Å². The van der Waals surface area contributed by atoms with Gasteiger partial charge in [0, 0.05) is 17.5 Å². The first kappa shape index (κ1) is 10.5. The van der Waals surface area contributed by atoms with E-state index in [0.29, 0.717) is 17.3 Å². The molecule has 0 bridgehead atoms. The second kappa shape index (κ2) is 4.33. The van der Waals surface area contributed by atoms with E-state index < -0.39 is 0 Å². The molecule has 3 rings (SSSR count). The minimum Gasteiger partial charge on any atom is -0.439 e. The number of hydrogen-bond donors (Lipinski definition) is 1. The summed E-state index contributed by atoms with van der Waals surface area (Å²) >= 11 is 0. The molecule has 0 radical (unpaired) electrons. The molecule has 0 saturated carbocycles. The summed E-state index contributed by atoms with van der Waals surface area (Å²) in [4.78, 5) is 18.1. The molecular weight excluding hydrogens is 228 g/mol. The van der Waals surface area contributed by atoms with Crippen LogP contribution in [0.3, 0.4) is 0 Å². The summed E-state index contributed by atoms with van der Waals surface area (Å²) in [6, 6.07) is 16.2. The van der Waals surface area contributed by atoms with E-state index in [4.69, 9.17) is 4.74 Å². The van der Waals surface area contributed by atoms with E-state index >= 15 is 0 Å². The van der Waals surface area contributed by atoms with Crippen LogP contribution in [0.5, 0.6) is 11.6 Å². The van der Waals surface area contributed by atoms with Gasteiger partial charge in [0.05, 0.1) is 0 Å². The topological polar surface area (TPSA) is 55.0 Å². The monoisotopic (exact) mass is 238 g/mol. The smallest absolute Gasteiger partial charge is 0.249 e. The molecule has 1 aromatic carbocycles. The van der Waals surface area contributed by atoms with Crippen molar-refractivity contribution in [1.82, 2.24) is 9.97 Å². The van der Waals surface area contributed by atoms with E-state index in [1.54, 1.807) is 12.1 Å². The molecule has 0 fully saturated rings. The van der Waals surface area contributed by atoms with Gasteiger partial charge in [0.15, 0.2) is 0 Å². The number of para-hydroxylation sites is 1. The first-order valence-corrected chi connectivity index (χ1v) is 5.54. The molecule has 88 valence electrons. The van der Waals surface area contributed by atoms with Crippen molar-refractivity contribution in [3.8, 4) is 11.6 Å². The lowest BCUT2D eigenvalue weighted by atomic mass is 10.3. The molecule has 4 heteroatoms. The van der Waals surface area contributed by atoms with Crippen LogP contribution in [-0.2, 0) is 0 Å². The standard InChI is InChI=1S/C14H10N2O2/c17-12-8-6-10-7-9-13(16-14(10)15-12)18-11-4-2-1-3-5-11/h1-9H,(H,15,16,17). The second-order valence-electron chi connectivity index (χ2n) is 3.83.